The first-order chi connectivity index (χ1) is 9.60. The summed E-state index contributed by atoms with van der Waals surface area (Å²) in [6.07, 6.45) is 5.89. The molecule has 1 aromatic heterocycles. The predicted molar refractivity (Wildman–Crippen MR) is 84.0 cm³/mol. The van der Waals surface area contributed by atoms with Gasteiger partial charge in [-0.1, -0.05) is 30.7 Å². The lowest BCUT2D eigenvalue weighted by molar-refractivity contribution is 0.503. The van der Waals surface area contributed by atoms with Gasteiger partial charge in [0.25, 0.3) is 0 Å². The minimum atomic E-state index is 0.432. The van der Waals surface area contributed by atoms with Crippen molar-refractivity contribution < 1.29 is 0 Å². The molecule has 1 heterocycles. The van der Waals surface area contributed by atoms with E-state index >= 15 is 0 Å². The van der Waals surface area contributed by atoms with E-state index in [9.17, 15) is 0 Å². The quantitative estimate of drug-likeness (QED) is 0.875. The summed E-state index contributed by atoms with van der Waals surface area (Å²) in [7, 11) is 2.06. The fraction of sp³-hybridized carbons (Fsp3) is 0.471. The maximum absolute atomic E-state index is 4.44. The molecule has 2 aromatic rings. The third-order valence-electron chi connectivity index (χ3n) is 3.81. The number of aryl methyl sites for hydroxylation is 3. The molecule has 0 saturated heterocycles. The number of likely N-dealkylation sites (N-methyl/N-ethyl adjacent to an activating group) is 1. The van der Waals surface area contributed by atoms with Crippen molar-refractivity contribution in [2.45, 2.75) is 39.7 Å². The minimum Gasteiger partial charge on any atom is -0.338 e. The third kappa shape index (κ3) is 3.70. The van der Waals surface area contributed by atoms with Crippen molar-refractivity contribution in [2.24, 2.45) is 7.05 Å². The SMILES string of the molecule is CCNC(Cc1cc(C)ccc1C)Cc1nccn1C. The van der Waals surface area contributed by atoms with E-state index in [1.807, 2.05) is 12.4 Å². The minimum absolute atomic E-state index is 0.432. The van der Waals surface area contributed by atoms with Crippen molar-refractivity contribution in [3.63, 3.8) is 0 Å². The van der Waals surface area contributed by atoms with Crippen LogP contribution in [0.2, 0.25) is 0 Å². The lowest BCUT2D eigenvalue weighted by atomic mass is 9.97. The van der Waals surface area contributed by atoms with Crippen LogP contribution in [0.15, 0.2) is 30.6 Å². The van der Waals surface area contributed by atoms with Crippen molar-refractivity contribution in [1.29, 1.82) is 0 Å². The molecule has 0 radical (unpaired) electrons. The first-order valence-electron chi connectivity index (χ1n) is 7.36. The van der Waals surface area contributed by atoms with E-state index in [1.165, 1.54) is 16.7 Å². The molecule has 1 atom stereocenters. The Labute approximate surface area is 122 Å². The van der Waals surface area contributed by atoms with Gasteiger partial charge in [-0.15, -0.1) is 0 Å². The average molecular weight is 271 g/mol. The second-order valence-electron chi connectivity index (χ2n) is 5.55. The third-order valence-corrected chi connectivity index (χ3v) is 3.81. The Morgan fingerprint density at radius 2 is 2.05 bits per heavy atom. The van der Waals surface area contributed by atoms with Gasteiger partial charge < -0.3 is 9.88 Å². The molecular formula is C17H25N3. The van der Waals surface area contributed by atoms with Gasteiger partial charge in [0.05, 0.1) is 0 Å². The topological polar surface area (TPSA) is 29.9 Å². The van der Waals surface area contributed by atoms with E-state index in [2.05, 4.69) is 60.9 Å². The van der Waals surface area contributed by atoms with Crippen LogP contribution in [-0.4, -0.2) is 22.1 Å². The van der Waals surface area contributed by atoms with Crippen LogP contribution >= 0.6 is 0 Å². The van der Waals surface area contributed by atoms with Gasteiger partial charge in [0.15, 0.2) is 0 Å². The zero-order valence-corrected chi connectivity index (χ0v) is 13.0. The summed E-state index contributed by atoms with van der Waals surface area (Å²) in [5.41, 5.74) is 4.14. The van der Waals surface area contributed by atoms with E-state index < -0.39 is 0 Å². The van der Waals surface area contributed by atoms with E-state index in [1.54, 1.807) is 0 Å². The molecular weight excluding hydrogens is 246 g/mol. The largest absolute Gasteiger partial charge is 0.338 e. The molecule has 0 amide bonds. The highest BCUT2D eigenvalue weighted by molar-refractivity contribution is 5.31. The molecule has 108 valence electrons. The molecule has 0 saturated carbocycles. The molecule has 20 heavy (non-hydrogen) atoms. The van der Waals surface area contributed by atoms with Crippen LogP contribution in [0.25, 0.3) is 0 Å². The number of nitrogens with zero attached hydrogens (tertiary/aromatic N) is 2. The van der Waals surface area contributed by atoms with Crippen LogP contribution in [0.5, 0.6) is 0 Å². The van der Waals surface area contributed by atoms with E-state index in [4.69, 9.17) is 0 Å². The molecule has 0 aliphatic rings. The zero-order chi connectivity index (χ0) is 14.5. The number of rotatable bonds is 6. The molecule has 1 unspecified atom stereocenters. The summed E-state index contributed by atoms with van der Waals surface area (Å²) in [5.74, 6) is 1.14. The smallest absolute Gasteiger partial charge is 0.109 e. The van der Waals surface area contributed by atoms with E-state index in [0.717, 1.165) is 25.2 Å². The van der Waals surface area contributed by atoms with Gasteiger partial charge in [0.1, 0.15) is 5.82 Å². The highest BCUT2D eigenvalue weighted by Crippen LogP contribution is 2.14. The lowest BCUT2D eigenvalue weighted by Gasteiger charge is -2.19. The molecule has 0 spiro atoms. The zero-order valence-electron chi connectivity index (χ0n) is 13.0. The Balaban J connectivity index is 2.13. The second kappa shape index (κ2) is 6.71. The van der Waals surface area contributed by atoms with Crippen molar-refractivity contribution >= 4 is 0 Å². The predicted octanol–water partition coefficient (Wildman–Crippen LogP) is 2.80. The highest BCUT2D eigenvalue weighted by atomic mass is 15.0. The first-order valence-corrected chi connectivity index (χ1v) is 7.36. The van der Waals surface area contributed by atoms with Crippen LogP contribution in [0.3, 0.4) is 0 Å². The summed E-state index contributed by atoms with van der Waals surface area (Å²) in [4.78, 5) is 4.44. The lowest BCUT2D eigenvalue weighted by Crippen LogP contribution is -2.34. The Kier molecular flexibility index (Phi) is 4.96. The Morgan fingerprint density at radius 3 is 2.70 bits per heavy atom. The molecule has 2 rings (SSSR count). The Hall–Kier alpha value is -1.61. The maximum atomic E-state index is 4.44. The van der Waals surface area contributed by atoms with E-state index in [-0.39, 0.29) is 0 Å². The fourth-order valence-corrected chi connectivity index (χ4v) is 2.60. The van der Waals surface area contributed by atoms with E-state index in [0.29, 0.717) is 6.04 Å². The van der Waals surface area contributed by atoms with Crippen LogP contribution in [0, 0.1) is 13.8 Å². The standard InChI is InChI=1S/C17H25N3/c1-5-18-16(12-17-19-8-9-20(17)4)11-15-10-13(2)6-7-14(15)3/h6-10,16,18H,5,11-12H2,1-4H3. The summed E-state index contributed by atoms with van der Waals surface area (Å²) in [5, 5.41) is 3.59. The molecule has 0 bridgehead atoms. The molecule has 3 nitrogen and oxygen atoms in total. The summed E-state index contributed by atoms with van der Waals surface area (Å²) in [6.45, 7) is 7.50. The fourth-order valence-electron chi connectivity index (χ4n) is 2.60. The first kappa shape index (κ1) is 14.8. The molecule has 0 fully saturated rings. The Morgan fingerprint density at radius 1 is 1.25 bits per heavy atom. The summed E-state index contributed by atoms with van der Waals surface area (Å²) >= 11 is 0. The van der Waals surface area contributed by atoms with Gasteiger partial charge in [0.2, 0.25) is 0 Å². The van der Waals surface area contributed by atoms with Gasteiger partial charge in [-0.3, -0.25) is 0 Å². The normalized spacial score (nSPS) is 12.6. The number of imidazole rings is 1. The number of benzene rings is 1. The average Bonchev–Trinajstić information content (AvgIpc) is 2.80. The van der Waals surface area contributed by atoms with Crippen molar-refractivity contribution in [3.8, 4) is 0 Å². The number of nitrogens with one attached hydrogen (secondary N) is 1. The van der Waals surface area contributed by atoms with Crippen LogP contribution in [0.1, 0.15) is 29.4 Å². The number of aromatic nitrogens is 2. The molecule has 0 aliphatic heterocycles. The molecule has 3 heteroatoms. The molecule has 1 aromatic carbocycles. The number of hydrogen-bond donors (Lipinski definition) is 1. The van der Waals surface area contributed by atoms with Crippen LogP contribution in [0.4, 0.5) is 0 Å². The monoisotopic (exact) mass is 271 g/mol. The van der Waals surface area contributed by atoms with Crippen LogP contribution < -0.4 is 5.32 Å². The second-order valence-corrected chi connectivity index (χ2v) is 5.55. The van der Waals surface area contributed by atoms with Crippen molar-refractivity contribution in [1.82, 2.24) is 14.9 Å². The van der Waals surface area contributed by atoms with Crippen molar-refractivity contribution in [3.05, 3.63) is 53.1 Å². The summed E-state index contributed by atoms with van der Waals surface area (Å²) < 4.78 is 2.10. The van der Waals surface area contributed by atoms with Gasteiger partial charge in [-0.05, 0) is 37.9 Å². The van der Waals surface area contributed by atoms with Gasteiger partial charge in [-0.25, -0.2) is 4.98 Å². The van der Waals surface area contributed by atoms with Crippen molar-refractivity contribution in [2.75, 3.05) is 6.54 Å². The number of hydrogen-bond acceptors (Lipinski definition) is 2. The van der Waals surface area contributed by atoms with Gasteiger partial charge in [0, 0.05) is 31.9 Å². The highest BCUT2D eigenvalue weighted by Gasteiger charge is 2.13. The molecule has 1 N–H and O–H groups in total. The maximum Gasteiger partial charge on any atom is 0.109 e. The van der Waals surface area contributed by atoms with Gasteiger partial charge >= 0.3 is 0 Å². The molecule has 0 aliphatic carbocycles. The summed E-state index contributed by atoms with van der Waals surface area (Å²) in [6, 6.07) is 7.13. The Bertz CT molecular complexity index is 557. The van der Waals surface area contributed by atoms with Crippen LogP contribution in [-0.2, 0) is 19.9 Å². The van der Waals surface area contributed by atoms with Gasteiger partial charge in [-0.2, -0.15) is 0 Å².